The summed E-state index contributed by atoms with van der Waals surface area (Å²) in [6.45, 7) is 4.55. The van der Waals surface area contributed by atoms with E-state index in [4.69, 9.17) is 5.11 Å². The molecular formula is C14H18ClN3O2. The highest BCUT2D eigenvalue weighted by Gasteiger charge is 2.10. The summed E-state index contributed by atoms with van der Waals surface area (Å²) >= 11 is 0. The molecule has 1 aromatic carbocycles. The molecule has 0 atom stereocenters. The Morgan fingerprint density at radius 2 is 2.05 bits per heavy atom. The number of halogens is 1. The molecule has 0 radical (unpaired) electrons. The minimum absolute atomic E-state index is 0. The molecule has 0 spiro atoms. The maximum Gasteiger partial charge on any atom is 0.336 e. The number of carbonyl (C=O) groups is 1. The number of benzene rings is 1. The van der Waals surface area contributed by atoms with Crippen LogP contribution in [0.1, 0.15) is 35.8 Å². The number of hydrogen-bond acceptors (Lipinski definition) is 3. The Morgan fingerprint density at radius 1 is 1.35 bits per heavy atom. The molecule has 5 nitrogen and oxygen atoms in total. The summed E-state index contributed by atoms with van der Waals surface area (Å²) in [5.74, 6) is -0.0232. The van der Waals surface area contributed by atoms with E-state index in [-0.39, 0.29) is 18.4 Å². The molecule has 0 bridgehead atoms. The van der Waals surface area contributed by atoms with Gasteiger partial charge in [0.1, 0.15) is 5.82 Å². The van der Waals surface area contributed by atoms with Crippen molar-refractivity contribution in [3.05, 3.63) is 47.7 Å². The third-order valence-corrected chi connectivity index (χ3v) is 2.87. The second-order valence-electron chi connectivity index (χ2n) is 4.57. The number of nitrogens with one attached hydrogen (secondary N) is 1. The summed E-state index contributed by atoms with van der Waals surface area (Å²) in [6, 6.07) is 9.12. The van der Waals surface area contributed by atoms with E-state index in [2.05, 4.69) is 10.4 Å². The maximum atomic E-state index is 11.1. The number of carboxylic acids is 1. The van der Waals surface area contributed by atoms with Gasteiger partial charge >= 0.3 is 5.97 Å². The molecule has 0 unspecified atom stereocenters. The lowest BCUT2D eigenvalue weighted by atomic mass is 10.1. The zero-order valence-corrected chi connectivity index (χ0v) is 12.2. The fourth-order valence-corrected chi connectivity index (χ4v) is 1.93. The fourth-order valence-electron chi connectivity index (χ4n) is 1.93. The van der Waals surface area contributed by atoms with Crippen LogP contribution >= 0.6 is 12.4 Å². The van der Waals surface area contributed by atoms with Crippen molar-refractivity contribution in [2.45, 2.75) is 26.4 Å². The maximum absolute atomic E-state index is 11.1. The molecule has 0 aliphatic rings. The Bertz CT molecular complexity index is 581. The lowest BCUT2D eigenvalue weighted by Gasteiger charge is -2.13. The first kappa shape index (κ1) is 16.0. The highest BCUT2D eigenvalue weighted by atomic mass is 35.5. The molecule has 1 aromatic heterocycles. The number of hydrogen-bond donors (Lipinski definition) is 2. The van der Waals surface area contributed by atoms with Gasteiger partial charge in [0.05, 0.1) is 11.8 Å². The van der Waals surface area contributed by atoms with E-state index in [1.807, 2.05) is 36.7 Å². The van der Waals surface area contributed by atoms with Crippen LogP contribution in [0.5, 0.6) is 0 Å². The van der Waals surface area contributed by atoms with Crippen molar-refractivity contribution < 1.29 is 9.90 Å². The van der Waals surface area contributed by atoms with E-state index in [9.17, 15) is 4.79 Å². The Labute approximate surface area is 124 Å². The molecule has 0 saturated carbocycles. The third-order valence-electron chi connectivity index (χ3n) is 2.87. The molecule has 0 aliphatic carbocycles. The van der Waals surface area contributed by atoms with Gasteiger partial charge in [-0.15, -0.1) is 12.4 Å². The van der Waals surface area contributed by atoms with Gasteiger partial charge < -0.3 is 10.4 Å². The number of carboxylic acid groups (broad SMARTS) is 1. The van der Waals surface area contributed by atoms with Crippen molar-refractivity contribution in [3.63, 3.8) is 0 Å². The molecule has 6 heteroatoms. The summed E-state index contributed by atoms with van der Waals surface area (Å²) in [4.78, 5) is 11.1. The smallest absolute Gasteiger partial charge is 0.336 e. The van der Waals surface area contributed by atoms with E-state index in [1.165, 1.54) is 0 Å². The molecule has 0 amide bonds. The van der Waals surface area contributed by atoms with E-state index in [0.29, 0.717) is 12.1 Å². The number of aromatic nitrogens is 2. The number of rotatable bonds is 5. The van der Waals surface area contributed by atoms with Crippen LogP contribution in [-0.2, 0) is 6.54 Å². The van der Waals surface area contributed by atoms with Gasteiger partial charge in [0.2, 0.25) is 0 Å². The molecule has 0 aliphatic heterocycles. The van der Waals surface area contributed by atoms with Crippen molar-refractivity contribution in [2.24, 2.45) is 0 Å². The molecule has 2 aromatic rings. The first-order valence-electron chi connectivity index (χ1n) is 6.18. The van der Waals surface area contributed by atoms with Gasteiger partial charge in [-0.05, 0) is 25.5 Å². The van der Waals surface area contributed by atoms with Crippen LogP contribution in [0.2, 0.25) is 0 Å². The molecule has 0 fully saturated rings. The SMILES string of the molecule is CC(C)n1nccc1NCc1ccccc1C(=O)O.Cl. The van der Waals surface area contributed by atoms with E-state index >= 15 is 0 Å². The van der Waals surface area contributed by atoms with Gasteiger partial charge in [0, 0.05) is 18.7 Å². The van der Waals surface area contributed by atoms with Crippen molar-refractivity contribution in [2.75, 3.05) is 5.32 Å². The summed E-state index contributed by atoms with van der Waals surface area (Å²) in [5, 5.41) is 16.6. The first-order valence-corrected chi connectivity index (χ1v) is 6.18. The molecule has 2 N–H and O–H groups in total. The zero-order valence-electron chi connectivity index (χ0n) is 11.4. The second-order valence-corrected chi connectivity index (χ2v) is 4.57. The van der Waals surface area contributed by atoms with E-state index < -0.39 is 5.97 Å². The minimum Gasteiger partial charge on any atom is -0.478 e. The molecule has 108 valence electrons. The van der Waals surface area contributed by atoms with Crippen LogP contribution in [0.3, 0.4) is 0 Å². The standard InChI is InChI=1S/C14H17N3O2.ClH/c1-10(2)17-13(7-8-16-17)15-9-11-5-3-4-6-12(11)14(18)19;/h3-8,10,15H,9H2,1-2H3,(H,18,19);1H. The van der Waals surface area contributed by atoms with Crippen LogP contribution in [-0.4, -0.2) is 20.9 Å². The highest BCUT2D eigenvalue weighted by Crippen LogP contribution is 2.16. The lowest BCUT2D eigenvalue weighted by molar-refractivity contribution is 0.0696. The van der Waals surface area contributed by atoms with Crippen molar-refractivity contribution >= 4 is 24.2 Å². The van der Waals surface area contributed by atoms with Crippen LogP contribution in [0.25, 0.3) is 0 Å². The average Bonchev–Trinajstić information content (AvgIpc) is 2.85. The zero-order chi connectivity index (χ0) is 13.8. The Morgan fingerprint density at radius 3 is 2.70 bits per heavy atom. The number of anilines is 1. The van der Waals surface area contributed by atoms with Crippen molar-refractivity contribution in [1.82, 2.24) is 9.78 Å². The van der Waals surface area contributed by atoms with Crippen LogP contribution in [0.4, 0.5) is 5.82 Å². The summed E-state index contributed by atoms with van der Waals surface area (Å²) in [5.41, 5.74) is 1.08. The van der Waals surface area contributed by atoms with Gasteiger partial charge in [-0.25, -0.2) is 9.48 Å². The molecule has 1 heterocycles. The average molecular weight is 296 g/mol. The number of aromatic carboxylic acids is 1. The fraction of sp³-hybridized carbons (Fsp3) is 0.286. The topological polar surface area (TPSA) is 67.2 Å². The van der Waals surface area contributed by atoms with Crippen molar-refractivity contribution in [3.8, 4) is 0 Å². The summed E-state index contributed by atoms with van der Waals surface area (Å²) in [7, 11) is 0. The van der Waals surface area contributed by atoms with Crippen LogP contribution in [0, 0.1) is 0 Å². The normalized spacial score (nSPS) is 10.2. The first-order chi connectivity index (χ1) is 9.09. The summed E-state index contributed by atoms with van der Waals surface area (Å²) in [6.07, 6.45) is 1.73. The van der Waals surface area contributed by atoms with Gasteiger partial charge in [0.15, 0.2) is 0 Å². The second kappa shape index (κ2) is 6.96. The van der Waals surface area contributed by atoms with Crippen LogP contribution in [0.15, 0.2) is 36.5 Å². The molecule has 20 heavy (non-hydrogen) atoms. The monoisotopic (exact) mass is 295 g/mol. The van der Waals surface area contributed by atoms with Crippen LogP contribution < -0.4 is 5.32 Å². The molecular weight excluding hydrogens is 278 g/mol. The highest BCUT2D eigenvalue weighted by molar-refractivity contribution is 5.89. The molecule has 2 rings (SSSR count). The third kappa shape index (κ3) is 3.51. The van der Waals surface area contributed by atoms with Gasteiger partial charge in [-0.2, -0.15) is 5.10 Å². The van der Waals surface area contributed by atoms with E-state index in [0.717, 1.165) is 11.4 Å². The van der Waals surface area contributed by atoms with E-state index in [1.54, 1.807) is 18.3 Å². The number of nitrogens with zero attached hydrogens (tertiary/aromatic N) is 2. The quantitative estimate of drug-likeness (QED) is 0.889. The van der Waals surface area contributed by atoms with Gasteiger partial charge in [-0.1, -0.05) is 18.2 Å². The predicted molar refractivity (Wildman–Crippen MR) is 80.6 cm³/mol. The van der Waals surface area contributed by atoms with Gasteiger partial charge in [0.25, 0.3) is 0 Å². The van der Waals surface area contributed by atoms with Gasteiger partial charge in [-0.3, -0.25) is 0 Å². The Kier molecular flexibility index (Phi) is 5.58. The molecule has 0 saturated heterocycles. The lowest BCUT2D eigenvalue weighted by Crippen LogP contribution is -2.11. The minimum atomic E-state index is -0.908. The largest absolute Gasteiger partial charge is 0.478 e. The Balaban J connectivity index is 0.00000200. The predicted octanol–water partition coefficient (Wildman–Crippen LogP) is 3.20. The van der Waals surface area contributed by atoms with Crippen molar-refractivity contribution in [1.29, 1.82) is 0 Å². The Hall–Kier alpha value is -2.01. The summed E-state index contributed by atoms with van der Waals surface area (Å²) < 4.78 is 1.86.